The standard InChI is InChI=1S/C12H18BrN5/c1-9-11(5-13)12(18(4)15-9)16(2)7-10-6-14-17(3)8-10/h6,8H,5,7H2,1-4H3. The summed E-state index contributed by atoms with van der Waals surface area (Å²) >= 11 is 3.53. The molecule has 0 radical (unpaired) electrons. The fourth-order valence-electron chi connectivity index (χ4n) is 2.23. The third kappa shape index (κ3) is 2.43. The normalized spacial score (nSPS) is 10.9. The Morgan fingerprint density at radius 3 is 2.67 bits per heavy atom. The zero-order valence-corrected chi connectivity index (χ0v) is 12.8. The SMILES string of the molecule is Cc1nn(C)c(N(C)Cc2cnn(C)c2)c1CBr. The fraction of sp³-hybridized carbons (Fsp3) is 0.500. The molecule has 98 valence electrons. The molecule has 2 rings (SSSR count). The van der Waals surface area contributed by atoms with Gasteiger partial charge in [-0.15, -0.1) is 0 Å². The highest BCUT2D eigenvalue weighted by Gasteiger charge is 2.16. The van der Waals surface area contributed by atoms with Gasteiger partial charge < -0.3 is 4.90 Å². The number of aromatic nitrogens is 4. The van der Waals surface area contributed by atoms with Gasteiger partial charge in [-0.2, -0.15) is 10.2 Å². The van der Waals surface area contributed by atoms with Gasteiger partial charge in [-0.1, -0.05) is 15.9 Å². The minimum Gasteiger partial charge on any atom is -0.355 e. The molecule has 0 saturated heterocycles. The van der Waals surface area contributed by atoms with Crippen LogP contribution in [0.4, 0.5) is 5.82 Å². The molecule has 0 aliphatic carbocycles. The summed E-state index contributed by atoms with van der Waals surface area (Å²) in [5, 5.41) is 9.48. The molecule has 0 bridgehead atoms. The Morgan fingerprint density at radius 1 is 1.39 bits per heavy atom. The van der Waals surface area contributed by atoms with Crippen LogP contribution in [0.1, 0.15) is 16.8 Å². The largest absolute Gasteiger partial charge is 0.355 e. The van der Waals surface area contributed by atoms with Gasteiger partial charge in [-0.25, -0.2) is 0 Å². The number of aryl methyl sites for hydroxylation is 3. The summed E-state index contributed by atoms with van der Waals surface area (Å²) in [6.07, 6.45) is 3.93. The smallest absolute Gasteiger partial charge is 0.130 e. The highest BCUT2D eigenvalue weighted by Crippen LogP contribution is 2.25. The van der Waals surface area contributed by atoms with Crippen molar-refractivity contribution in [3.63, 3.8) is 0 Å². The molecular formula is C12H18BrN5. The maximum Gasteiger partial charge on any atom is 0.130 e. The van der Waals surface area contributed by atoms with Crippen LogP contribution in [0.15, 0.2) is 12.4 Å². The lowest BCUT2D eigenvalue weighted by Crippen LogP contribution is -2.20. The number of rotatable bonds is 4. The average molecular weight is 312 g/mol. The predicted octanol–water partition coefficient (Wildman–Crippen LogP) is 1.99. The summed E-state index contributed by atoms with van der Waals surface area (Å²) in [5.74, 6) is 1.15. The molecule has 0 atom stereocenters. The van der Waals surface area contributed by atoms with E-state index in [0.29, 0.717) is 0 Å². The van der Waals surface area contributed by atoms with Gasteiger partial charge in [0.05, 0.1) is 11.9 Å². The van der Waals surface area contributed by atoms with Crippen molar-refractivity contribution in [2.75, 3.05) is 11.9 Å². The lowest BCUT2D eigenvalue weighted by molar-refractivity contribution is 0.725. The van der Waals surface area contributed by atoms with E-state index in [2.05, 4.69) is 38.1 Å². The van der Waals surface area contributed by atoms with Crippen molar-refractivity contribution in [1.82, 2.24) is 19.6 Å². The second-order valence-corrected chi connectivity index (χ2v) is 5.08. The lowest BCUT2D eigenvalue weighted by Gasteiger charge is -2.19. The molecule has 0 spiro atoms. The van der Waals surface area contributed by atoms with Gasteiger partial charge in [-0.3, -0.25) is 9.36 Å². The van der Waals surface area contributed by atoms with E-state index in [1.54, 1.807) is 0 Å². The molecule has 2 aromatic rings. The van der Waals surface area contributed by atoms with Crippen molar-refractivity contribution in [2.45, 2.75) is 18.8 Å². The summed E-state index contributed by atoms with van der Waals surface area (Å²) in [4.78, 5) is 2.20. The van der Waals surface area contributed by atoms with Crippen LogP contribution in [-0.4, -0.2) is 26.6 Å². The second-order valence-electron chi connectivity index (χ2n) is 4.52. The van der Waals surface area contributed by atoms with Crippen LogP contribution in [-0.2, 0) is 26.0 Å². The van der Waals surface area contributed by atoms with Crippen molar-refractivity contribution in [2.24, 2.45) is 14.1 Å². The Morgan fingerprint density at radius 2 is 2.11 bits per heavy atom. The number of halogens is 1. The minimum atomic E-state index is 0.819. The zero-order valence-electron chi connectivity index (χ0n) is 11.2. The summed E-state index contributed by atoms with van der Waals surface area (Å²) in [6.45, 7) is 2.87. The molecule has 0 aliphatic heterocycles. The van der Waals surface area contributed by atoms with E-state index in [1.807, 2.05) is 42.8 Å². The summed E-state index contributed by atoms with van der Waals surface area (Å²) < 4.78 is 3.76. The first-order chi connectivity index (χ1) is 8.52. The number of hydrogen-bond acceptors (Lipinski definition) is 3. The third-order valence-electron chi connectivity index (χ3n) is 2.99. The highest BCUT2D eigenvalue weighted by molar-refractivity contribution is 9.08. The Balaban J connectivity index is 2.25. The highest BCUT2D eigenvalue weighted by atomic mass is 79.9. The Kier molecular flexibility index (Phi) is 3.75. The van der Waals surface area contributed by atoms with Gasteiger partial charge in [0, 0.05) is 50.3 Å². The average Bonchev–Trinajstić information content (AvgIpc) is 2.82. The van der Waals surface area contributed by atoms with Crippen molar-refractivity contribution >= 4 is 21.7 Å². The Hall–Kier alpha value is -1.30. The van der Waals surface area contributed by atoms with Crippen LogP contribution in [0.25, 0.3) is 0 Å². The summed E-state index contributed by atoms with van der Waals surface area (Å²) in [7, 11) is 5.99. The van der Waals surface area contributed by atoms with Gasteiger partial charge in [0.2, 0.25) is 0 Å². The van der Waals surface area contributed by atoms with Crippen molar-refractivity contribution in [3.8, 4) is 0 Å². The molecule has 0 fully saturated rings. The molecule has 0 aromatic carbocycles. The molecular weight excluding hydrogens is 294 g/mol. The van der Waals surface area contributed by atoms with Gasteiger partial charge in [-0.05, 0) is 6.92 Å². The topological polar surface area (TPSA) is 38.9 Å². The van der Waals surface area contributed by atoms with Crippen LogP contribution < -0.4 is 4.90 Å². The van der Waals surface area contributed by atoms with Crippen LogP contribution in [0, 0.1) is 6.92 Å². The Labute approximate surface area is 116 Å². The first-order valence-corrected chi connectivity index (χ1v) is 6.92. The third-order valence-corrected chi connectivity index (χ3v) is 3.55. The van der Waals surface area contributed by atoms with Gasteiger partial charge in [0.25, 0.3) is 0 Å². The summed E-state index contributed by atoms with van der Waals surface area (Å²) in [6, 6.07) is 0. The lowest BCUT2D eigenvalue weighted by atomic mass is 10.2. The predicted molar refractivity (Wildman–Crippen MR) is 75.9 cm³/mol. The maximum atomic E-state index is 4.47. The fourth-order valence-corrected chi connectivity index (χ4v) is 2.88. The van der Waals surface area contributed by atoms with Crippen molar-refractivity contribution in [3.05, 3.63) is 29.2 Å². The van der Waals surface area contributed by atoms with Crippen LogP contribution in [0.5, 0.6) is 0 Å². The molecule has 0 aliphatic rings. The molecule has 2 aromatic heterocycles. The molecule has 18 heavy (non-hydrogen) atoms. The number of anilines is 1. The first kappa shape index (κ1) is 13.1. The number of alkyl halides is 1. The van der Waals surface area contributed by atoms with Gasteiger partial charge in [0.1, 0.15) is 5.82 Å². The Bertz CT molecular complexity index is 543. The molecule has 6 heteroatoms. The van der Waals surface area contributed by atoms with E-state index in [0.717, 1.165) is 23.4 Å². The van der Waals surface area contributed by atoms with Crippen molar-refractivity contribution in [1.29, 1.82) is 0 Å². The van der Waals surface area contributed by atoms with E-state index in [-0.39, 0.29) is 0 Å². The van der Waals surface area contributed by atoms with Crippen LogP contribution in [0.2, 0.25) is 0 Å². The monoisotopic (exact) mass is 311 g/mol. The number of hydrogen-bond donors (Lipinski definition) is 0. The van der Waals surface area contributed by atoms with E-state index < -0.39 is 0 Å². The van der Waals surface area contributed by atoms with E-state index in [4.69, 9.17) is 0 Å². The maximum absolute atomic E-state index is 4.47. The van der Waals surface area contributed by atoms with Gasteiger partial charge >= 0.3 is 0 Å². The van der Waals surface area contributed by atoms with E-state index in [9.17, 15) is 0 Å². The molecule has 2 heterocycles. The quantitative estimate of drug-likeness (QED) is 0.811. The van der Waals surface area contributed by atoms with E-state index >= 15 is 0 Å². The second kappa shape index (κ2) is 5.14. The zero-order chi connectivity index (χ0) is 13.3. The number of nitrogens with zero attached hydrogens (tertiary/aromatic N) is 5. The van der Waals surface area contributed by atoms with E-state index in [1.165, 1.54) is 11.1 Å². The molecule has 5 nitrogen and oxygen atoms in total. The molecule has 0 N–H and O–H groups in total. The molecule has 0 saturated carbocycles. The molecule has 0 amide bonds. The molecule has 0 unspecified atom stereocenters. The van der Waals surface area contributed by atoms with Crippen LogP contribution >= 0.6 is 15.9 Å². The minimum absolute atomic E-state index is 0.819. The van der Waals surface area contributed by atoms with Crippen LogP contribution in [0.3, 0.4) is 0 Å². The van der Waals surface area contributed by atoms with Gasteiger partial charge in [0.15, 0.2) is 0 Å². The summed E-state index contributed by atoms with van der Waals surface area (Å²) in [5.41, 5.74) is 3.51. The first-order valence-electron chi connectivity index (χ1n) is 5.80. The van der Waals surface area contributed by atoms with Crippen molar-refractivity contribution < 1.29 is 0 Å².